The van der Waals surface area contributed by atoms with Crippen LogP contribution in [0.25, 0.3) is 0 Å². The summed E-state index contributed by atoms with van der Waals surface area (Å²) in [6, 6.07) is 2.60. The third-order valence-electron chi connectivity index (χ3n) is 2.50. The van der Waals surface area contributed by atoms with Crippen molar-refractivity contribution in [1.29, 1.82) is 0 Å². The molecule has 0 saturated carbocycles. The third kappa shape index (κ3) is 4.26. The number of rotatable bonds is 7. The third-order valence-corrected chi connectivity index (χ3v) is 3.11. The van der Waals surface area contributed by atoms with Crippen LogP contribution in [0.4, 0.5) is 0 Å². The van der Waals surface area contributed by atoms with Crippen LogP contribution < -0.4 is 5.32 Å². The van der Waals surface area contributed by atoms with Crippen molar-refractivity contribution >= 4 is 11.8 Å². The molecule has 3 nitrogen and oxygen atoms in total. The second-order valence-corrected chi connectivity index (χ2v) is 4.70. The van der Waals surface area contributed by atoms with Gasteiger partial charge in [0.1, 0.15) is 0 Å². The maximum atomic E-state index is 4.53. The van der Waals surface area contributed by atoms with Gasteiger partial charge in [-0.2, -0.15) is 16.9 Å². The molecule has 0 bridgehead atoms. The first kappa shape index (κ1) is 12.6. The van der Waals surface area contributed by atoms with Crippen molar-refractivity contribution in [2.75, 3.05) is 18.6 Å². The van der Waals surface area contributed by atoms with Crippen LogP contribution in [0, 0.1) is 0 Å². The first-order valence-electron chi connectivity index (χ1n) is 5.51. The predicted molar refractivity (Wildman–Crippen MR) is 67.3 cm³/mol. The Morgan fingerprint density at radius 2 is 2.40 bits per heavy atom. The lowest BCUT2D eigenvalue weighted by atomic mass is 10.3. The van der Waals surface area contributed by atoms with Crippen LogP contribution in [0.1, 0.15) is 32.0 Å². The summed E-state index contributed by atoms with van der Waals surface area (Å²) in [7, 11) is 0. The van der Waals surface area contributed by atoms with Crippen LogP contribution in [0.15, 0.2) is 12.3 Å². The highest BCUT2D eigenvalue weighted by Gasteiger charge is 2.03. The van der Waals surface area contributed by atoms with Gasteiger partial charge in [0.05, 0.1) is 5.69 Å². The monoisotopic (exact) mass is 227 g/mol. The molecule has 1 heterocycles. The molecule has 0 aromatic carbocycles. The first-order valence-corrected chi connectivity index (χ1v) is 6.91. The summed E-state index contributed by atoms with van der Waals surface area (Å²) in [4.78, 5) is 0. The maximum Gasteiger partial charge on any atom is 0.0762 e. The Hall–Kier alpha value is -0.480. The van der Waals surface area contributed by atoms with E-state index in [0.717, 1.165) is 31.0 Å². The second kappa shape index (κ2) is 6.90. The number of hydrogen-bond acceptors (Lipinski definition) is 3. The largest absolute Gasteiger partial charge is 0.310 e. The summed E-state index contributed by atoms with van der Waals surface area (Å²) < 4.78 is 2.05. The van der Waals surface area contributed by atoms with Crippen LogP contribution in [-0.4, -0.2) is 28.3 Å². The zero-order valence-electron chi connectivity index (χ0n) is 9.86. The molecular formula is C11H21N3S. The van der Waals surface area contributed by atoms with Crippen molar-refractivity contribution in [3.8, 4) is 0 Å². The van der Waals surface area contributed by atoms with Crippen molar-refractivity contribution in [3.05, 3.63) is 18.0 Å². The number of thioether (sulfide) groups is 1. The Morgan fingerprint density at radius 3 is 3.07 bits per heavy atom. The lowest BCUT2D eigenvalue weighted by Crippen LogP contribution is -2.17. The SMILES string of the molecule is CCC(C)n1ccc(CNCCSC)n1. The predicted octanol–water partition coefficient (Wildman–Crippen LogP) is 2.31. The standard InChI is InChI=1S/C11H21N3S/c1-4-10(2)14-7-5-11(13-14)9-12-6-8-15-3/h5,7,10,12H,4,6,8-9H2,1-3H3. The minimum Gasteiger partial charge on any atom is -0.310 e. The molecule has 1 N–H and O–H groups in total. The Bertz CT molecular complexity index is 273. The molecule has 4 heteroatoms. The van der Waals surface area contributed by atoms with Gasteiger partial charge in [-0.15, -0.1) is 0 Å². The Morgan fingerprint density at radius 1 is 1.60 bits per heavy atom. The molecular weight excluding hydrogens is 206 g/mol. The summed E-state index contributed by atoms with van der Waals surface area (Å²) >= 11 is 1.86. The van der Waals surface area contributed by atoms with E-state index in [1.807, 2.05) is 16.4 Å². The fraction of sp³-hybridized carbons (Fsp3) is 0.727. The van der Waals surface area contributed by atoms with E-state index >= 15 is 0 Å². The molecule has 86 valence electrons. The highest BCUT2D eigenvalue weighted by atomic mass is 32.2. The van der Waals surface area contributed by atoms with E-state index in [-0.39, 0.29) is 0 Å². The van der Waals surface area contributed by atoms with E-state index in [0.29, 0.717) is 6.04 Å². The molecule has 1 atom stereocenters. The highest BCUT2D eigenvalue weighted by molar-refractivity contribution is 7.98. The molecule has 0 saturated heterocycles. The minimum absolute atomic E-state index is 0.505. The molecule has 1 aromatic rings. The quantitative estimate of drug-likeness (QED) is 0.725. The van der Waals surface area contributed by atoms with Crippen LogP contribution in [-0.2, 0) is 6.54 Å². The van der Waals surface area contributed by atoms with E-state index in [9.17, 15) is 0 Å². The van der Waals surface area contributed by atoms with Gasteiger partial charge in [-0.25, -0.2) is 0 Å². The Kier molecular flexibility index (Phi) is 5.79. The van der Waals surface area contributed by atoms with Crippen LogP contribution >= 0.6 is 11.8 Å². The van der Waals surface area contributed by atoms with E-state index in [1.54, 1.807) is 0 Å². The smallest absolute Gasteiger partial charge is 0.0762 e. The zero-order valence-corrected chi connectivity index (χ0v) is 10.7. The van der Waals surface area contributed by atoms with Gasteiger partial charge in [0, 0.05) is 31.1 Å². The van der Waals surface area contributed by atoms with Crippen molar-refractivity contribution in [3.63, 3.8) is 0 Å². The number of aromatic nitrogens is 2. The lowest BCUT2D eigenvalue weighted by molar-refractivity contribution is 0.472. The van der Waals surface area contributed by atoms with Crippen molar-refractivity contribution in [2.24, 2.45) is 0 Å². The van der Waals surface area contributed by atoms with Crippen LogP contribution in [0.3, 0.4) is 0 Å². The number of nitrogens with zero attached hydrogens (tertiary/aromatic N) is 2. The molecule has 1 rings (SSSR count). The summed E-state index contributed by atoms with van der Waals surface area (Å²) in [6.07, 6.45) is 5.32. The molecule has 1 unspecified atom stereocenters. The van der Waals surface area contributed by atoms with Gasteiger partial charge in [-0.3, -0.25) is 4.68 Å². The van der Waals surface area contributed by atoms with Gasteiger partial charge in [0.15, 0.2) is 0 Å². The summed E-state index contributed by atoms with van der Waals surface area (Å²) in [5.74, 6) is 1.16. The number of hydrogen-bond donors (Lipinski definition) is 1. The topological polar surface area (TPSA) is 29.9 Å². The molecule has 1 aromatic heterocycles. The second-order valence-electron chi connectivity index (χ2n) is 3.71. The molecule has 0 aliphatic carbocycles. The van der Waals surface area contributed by atoms with Crippen molar-refractivity contribution in [1.82, 2.24) is 15.1 Å². The molecule has 0 fully saturated rings. The molecule has 0 amide bonds. The van der Waals surface area contributed by atoms with Gasteiger partial charge in [-0.05, 0) is 25.7 Å². The fourth-order valence-electron chi connectivity index (χ4n) is 1.29. The van der Waals surface area contributed by atoms with Gasteiger partial charge >= 0.3 is 0 Å². The van der Waals surface area contributed by atoms with E-state index < -0.39 is 0 Å². The molecule has 0 aliphatic heterocycles. The lowest BCUT2D eigenvalue weighted by Gasteiger charge is -2.08. The summed E-state index contributed by atoms with van der Waals surface area (Å²) in [5, 5.41) is 7.90. The average molecular weight is 227 g/mol. The first-order chi connectivity index (χ1) is 7.27. The van der Waals surface area contributed by atoms with E-state index in [2.05, 4.69) is 42.8 Å². The minimum atomic E-state index is 0.505. The molecule has 0 radical (unpaired) electrons. The zero-order chi connectivity index (χ0) is 11.1. The Balaban J connectivity index is 2.33. The average Bonchev–Trinajstić information content (AvgIpc) is 2.72. The van der Waals surface area contributed by atoms with Gasteiger partial charge in [0.2, 0.25) is 0 Å². The summed E-state index contributed by atoms with van der Waals surface area (Å²) in [5.41, 5.74) is 1.14. The van der Waals surface area contributed by atoms with Crippen LogP contribution in [0.5, 0.6) is 0 Å². The normalized spacial score (nSPS) is 13.0. The van der Waals surface area contributed by atoms with E-state index in [4.69, 9.17) is 0 Å². The molecule has 15 heavy (non-hydrogen) atoms. The van der Waals surface area contributed by atoms with E-state index in [1.165, 1.54) is 0 Å². The van der Waals surface area contributed by atoms with Gasteiger partial charge in [0.25, 0.3) is 0 Å². The molecule has 0 spiro atoms. The van der Waals surface area contributed by atoms with Crippen molar-refractivity contribution in [2.45, 2.75) is 32.9 Å². The van der Waals surface area contributed by atoms with Gasteiger partial charge in [-0.1, -0.05) is 6.92 Å². The number of nitrogens with one attached hydrogen (secondary N) is 1. The van der Waals surface area contributed by atoms with Crippen LogP contribution in [0.2, 0.25) is 0 Å². The molecule has 0 aliphatic rings. The fourth-order valence-corrected chi connectivity index (χ4v) is 1.64. The summed E-state index contributed by atoms with van der Waals surface area (Å²) in [6.45, 7) is 6.31. The van der Waals surface area contributed by atoms with Gasteiger partial charge < -0.3 is 5.32 Å². The van der Waals surface area contributed by atoms with Crippen molar-refractivity contribution < 1.29 is 0 Å². The highest BCUT2D eigenvalue weighted by Crippen LogP contribution is 2.08. The maximum absolute atomic E-state index is 4.53. The Labute approximate surface area is 96.6 Å².